The van der Waals surface area contributed by atoms with Crippen LogP contribution in [0.25, 0.3) is 0 Å². The van der Waals surface area contributed by atoms with Crippen LogP contribution in [0.3, 0.4) is 0 Å². The van der Waals surface area contributed by atoms with Crippen LogP contribution in [0.2, 0.25) is 0 Å². The second kappa shape index (κ2) is 5.65. The Labute approximate surface area is 95.8 Å². The number of carbonyl (C=O) groups is 1. The normalized spacial score (nSPS) is 12.5. The molecule has 0 radical (unpaired) electrons. The average molecular weight is 225 g/mol. The predicted octanol–water partition coefficient (Wildman–Crippen LogP) is 0.942. The molecule has 5 heteroatoms. The van der Waals surface area contributed by atoms with E-state index in [9.17, 15) is 4.79 Å². The predicted molar refractivity (Wildman–Crippen MR) is 61.0 cm³/mol. The van der Waals surface area contributed by atoms with Crippen molar-refractivity contribution in [2.24, 2.45) is 7.05 Å². The molecule has 0 saturated heterocycles. The Kier molecular flexibility index (Phi) is 4.49. The number of aryl methyl sites for hydroxylation is 1. The molecule has 0 bridgehead atoms. The van der Waals surface area contributed by atoms with Gasteiger partial charge in [0, 0.05) is 18.3 Å². The van der Waals surface area contributed by atoms with Crippen molar-refractivity contribution in [3.05, 3.63) is 17.5 Å². The molecular weight excluding hydrogens is 206 g/mol. The third-order valence-corrected chi connectivity index (χ3v) is 2.62. The van der Waals surface area contributed by atoms with E-state index in [0.717, 1.165) is 24.2 Å². The van der Waals surface area contributed by atoms with Crippen molar-refractivity contribution in [2.45, 2.75) is 26.3 Å². The van der Waals surface area contributed by atoms with Gasteiger partial charge in [0.25, 0.3) is 0 Å². The maximum Gasteiger partial charge on any atom is 0.327 e. The van der Waals surface area contributed by atoms with E-state index in [1.54, 1.807) is 10.9 Å². The fourth-order valence-electron chi connectivity index (χ4n) is 1.53. The first-order valence-electron chi connectivity index (χ1n) is 5.41. The Morgan fingerprint density at radius 3 is 2.81 bits per heavy atom. The topological polar surface area (TPSA) is 56.1 Å². The summed E-state index contributed by atoms with van der Waals surface area (Å²) in [6.07, 6.45) is 2.67. The molecule has 1 rings (SSSR count). The summed E-state index contributed by atoms with van der Waals surface area (Å²) in [7, 11) is 3.25. The van der Waals surface area contributed by atoms with E-state index in [1.807, 2.05) is 14.0 Å². The van der Waals surface area contributed by atoms with Gasteiger partial charge in [0.1, 0.15) is 6.04 Å². The standard InChI is InChI=1S/C11H19N3O2/c1-5-6-12-10(11(15)16-4)9-7-13-14(3)8(9)2/h7,10,12H,5-6H2,1-4H3. The molecule has 0 aromatic carbocycles. The van der Waals surface area contributed by atoms with Crippen molar-refractivity contribution in [1.82, 2.24) is 15.1 Å². The Hall–Kier alpha value is -1.36. The maximum absolute atomic E-state index is 11.7. The lowest BCUT2D eigenvalue weighted by Crippen LogP contribution is -2.30. The van der Waals surface area contributed by atoms with Gasteiger partial charge in [0.2, 0.25) is 0 Å². The lowest BCUT2D eigenvalue weighted by molar-refractivity contribution is -0.143. The van der Waals surface area contributed by atoms with Gasteiger partial charge in [-0.2, -0.15) is 5.10 Å². The van der Waals surface area contributed by atoms with Crippen molar-refractivity contribution < 1.29 is 9.53 Å². The molecule has 0 aliphatic rings. The van der Waals surface area contributed by atoms with E-state index < -0.39 is 6.04 Å². The minimum absolute atomic E-state index is 0.274. The largest absolute Gasteiger partial charge is 0.468 e. The number of aromatic nitrogens is 2. The first-order chi connectivity index (χ1) is 7.61. The van der Waals surface area contributed by atoms with Gasteiger partial charge in [-0.15, -0.1) is 0 Å². The third kappa shape index (κ3) is 2.61. The number of hydrogen-bond acceptors (Lipinski definition) is 4. The van der Waals surface area contributed by atoms with Gasteiger partial charge >= 0.3 is 5.97 Å². The van der Waals surface area contributed by atoms with Gasteiger partial charge < -0.3 is 10.1 Å². The van der Waals surface area contributed by atoms with E-state index in [4.69, 9.17) is 4.74 Å². The lowest BCUT2D eigenvalue weighted by Gasteiger charge is -2.15. The molecular formula is C11H19N3O2. The average Bonchev–Trinajstić information content (AvgIpc) is 2.61. The molecule has 1 aromatic heterocycles. The molecule has 0 saturated carbocycles. The van der Waals surface area contributed by atoms with Crippen LogP contribution in [0.4, 0.5) is 0 Å². The number of carbonyl (C=O) groups excluding carboxylic acids is 1. The van der Waals surface area contributed by atoms with Crippen molar-refractivity contribution in [3.63, 3.8) is 0 Å². The highest BCUT2D eigenvalue weighted by atomic mass is 16.5. The van der Waals surface area contributed by atoms with Crippen LogP contribution < -0.4 is 5.32 Å². The van der Waals surface area contributed by atoms with Gasteiger partial charge in [-0.25, -0.2) is 4.79 Å². The molecule has 90 valence electrons. The van der Waals surface area contributed by atoms with Crippen molar-refractivity contribution in [3.8, 4) is 0 Å². The monoisotopic (exact) mass is 225 g/mol. The van der Waals surface area contributed by atoms with Crippen molar-refractivity contribution in [2.75, 3.05) is 13.7 Å². The summed E-state index contributed by atoms with van der Waals surface area (Å²) >= 11 is 0. The molecule has 1 N–H and O–H groups in total. The van der Waals surface area contributed by atoms with Crippen LogP contribution in [-0.4, -0.2) is 29.4 Å². The summed E-state index contributed by atoms with van der Waals surface area (Å²) in [5.74, 6) is -0.274. The van der Waals surface area contributed by atoms with Gasteiger partial charge in [0.05, 0.1) is 13.3 Å². The highest BCUT2D eigenvalue weighted by Gasteiger charge is 2.24. The first-order valence-corrected chi connectivity index (χ1v) is 5.41. The molecule has 5 nitrogen and oxygen atoms in total. The van der Waals surface area contributed by atoms with Gasteiger partial charge in [-0.3, -0.25) is 4.68 Å². The second-order valence-corrected chi connectivity index (χ2v) is 3.72. The zero-order valence-electron chi connectivity index (χ0n) is 10.3. The molecule has 0 aliphatic carbocycles. The molecule has 1 atom stereocenters. The summed E-state index contributed by atoms with van der Waals surface area (Å²) in [4.78, 5) is 11.7. The van der Waals surface area contributed by atoms with Crippen LogP contribution in [0.5, 0.6) is 0 Å². The Morgan fingerprint density at radius 1 is 1.69 bits per heavy atom. The van der Waals surface area contributed by atoms with Gasteiger partial charge in [-0.1, -0.05) is 6.92 Å². The van der Waals surface area contributed by atoms with E-state index in [1.165, 1.54) is 7.11 Å². The maximum atomic E-state index is 11.7. The smallest absolute Gasteiger partial charge is 0.327 e. The Balaban J connectivity index is 2.91. The molecule has 0 spiro atoms. The summed E-state index contributed by atoms with van der Waals surface area (Å²) in [5, 5.41) is 7.29. The quantitative estimate of drug-likeness (QED) is 0.758. The summed E-state index contributed by atoms with van der Waals surface area (Å²) in [5.41, 5.74) is 1.85. The third-order valence-electron chi connectivity index (χ3n) is 2.62. The molecule has 16 heavy (non-hydrogen) atoms. The second-order valence-electron chi connectivity index (χ2n) is 3.72. The highest BCUT2D eigenvalue weighted by Crippen LogP contribution is 2.17. The van der Waals surface area contributed by atoms with Crippen LogP contribution in [0.1, 0.15) is 30.6 Å². The summed E-state index contributed by atoms with van der Waals surface area (Å²) in [6.45, 7) is 4.76. The number of methoxy groups -OCH3 is 1. The van der Waals surface area contributed by atoms with Crippen molar-refractivity contribution in [1.29, 1.82) is 0 Å². The highest BCUT2D eigenvalue weighted by molar-refractivity contribution is 5.77. The Bertz CT molecular complexity index is 360. The molecule has 0 aliphatic heterocycles. The SMILES string of the molecule is CCCNC(C(=O)OC)c1cnn(C)c1C. The van der Waals surface area contributed by atoms with Crippen LogP contribution >= 0.6 is 0 Å². The summed E-state index contributed by atoms with van der Waals surface area (Å²) in [6, 6.07) is -0.418. The van der Waals surface area contributed by atoms with Crippen LogP contribution in [0.15, 0.2) is 6.20 Å². The number of ether oxygens (including phenoxy) is 1. The van der Waals surface area contributed by atoms with Gasteiger partial charge in [-0.05, 0) is 19.9 Å². The zero-order valence-corrected chi connectivity index (χ0v) is 10.3. The molecule has 1 heterocycles. The molecule has 1 unspecified atom stereocenters. The van der Waals surface area contributed by atoms with E-state index >= 15 is 0 Å². The summed E-state index contributed by atoms with van der Waals surface area (Å²) < 4.78 is 6.54. The fourth-order valence-corrected chi connectivity index (χ4v) is 1.53. The number of hydrogen-bond donors (Lipinski definition) is 1. The lowest BCUT2D eigenvalue weighted by atomic mass is 10.1. The minimum Gasteiger partial charge on any atom is -0.468 e. The molecule has 0 amide bonds. The van der Waals surface area contributed by atoms with E-state index in [0.29, 0.717) is 0 Å². The zero-order chi connectivity index (χ0) is 12.1. The van der Waals surface area contributed by atoms with Crippen molar-refractivity contribution >= 4 is 5.97 Å². The van der Waals surface area contributed by atoms with Crippen LogP contribution in [0, 0.1) is 6.92 Å². The fraction of sp³-hybridized carbons (Fsp3) is 0.636. The number of nitrogens with one attached hydrogen (secondary N) is 1. The molecule has 0 fully saturated rings. The number of nitrogens with zero attached hydrogens (tertiary/aromatic N) is 2. The minimum atomic E-state index is -0.418. The Morgan fingerprint density at radius 2 is 2.38 bits per heavy atom. The van der Waals surface area contributed by atoms with E-state index in [2.05, 4.69) is 17.3 Å². The van der Waals surface area contributed by atoms with Crippen LogP contribution in [-0.2, 0) is 16.6 Å². The van der Waals surface area contributed by atoms with Gasteiger partial charge in [0.15, 0.2) is 0 Å². The number of rotatable bonds is 5. The number of esters is 1. The molecule has 1 aromatic rings. The first kappa shape index (κ1) is 12.7. The van der Waals surface area contributed by atoms with E-state index in [-0.39, 0.29) is 5.97 Å².